The van der Waals surface area contributed by atoms with Crippen LogP contribution in [0.25, 0.3) is 22.2 Å². The van der Waals surface area contributed by atoms with Crippen LogP contribution in [0.2, 0.25) is 0 Å². The molecule has 8 heteroatoms. The summed E-state index contributed by atoms with van der Waals surface area (Å²) in [5, 5.41) is 9.79. The smallest absolute Gasteiger partial charge is 0.258 e. The third-order valence-electron chi connectivity index (χ3n) is 5.24. The van der Waals surface area contributed by atoms with Crippen LogP contribution in [0, 0.1) is 6.92 Å². The van der Waals surface area contributed by atoms with Gasteiger partial charge in [0.25, 0.3) is 5.88 Å². The third-order valence-corrected chi connectivity index (χ3v) is 6.35. The Hall–Kier alpha value is -3.23. The molecule has 0 saturated heterocycles. The van der Waals surface area contributed by atoms with Crippen molar-refractivity contribution in [3.8, 4) is 22.8 Å². The molecular formula is C24H27N5O2S. The maximum atomic E-state index is 5.43. The topological polar surface area (TPSA) is 81.2 Å². The molecule has 0 radical (unpaired) electrons. The highest BCUT2D eigenvalue weighted by atomic mass is 32.1. The largest absolute Gasteiger partial charge is 0.491 e. The number of hydrogen-bond donors (Lipinski definition) is 2. The van der Waals surface area contributed by atoms with Crippen molar-refractivity contribution in [1.29, 1.82) is 0 Å². The first kappa shape index (κ1) is 22.0. The monoisotopic (exact) mass is 449 g/mol. The standard InChI is InChI=1S/C24H27N5O2S/c1-14(21-10-17(13-32-21)18-9-7-6-8-16(18)12-25-3)26-22-19-11-20(30-4)24(31-5)29-23(19)28-15(2)27-22/h6-11,13-14,25H,12H2,1-5H3,(H,26,27,28,29)/t14-/m1/s1. The SMILES string of the molecule is CNCc1ccccc1-c1csc([C@@H](C)Nc2nc(C)nc3nc(OC)c(OC)cc23)c1. The van der Waals surface area contributed by atoms with E-state index in [-0.39, 0.29) is 6.04 Å². The van der Waals surface area contributed by atoms with Crippen LogP contribution in [0.15, 0.2) is 41.8 Å². The molecule has 166 valence electrons. The van der Waals surface area contributed by atoms with E-state index in [4.69, 9.17) is 9.47 Å². The van der Waals surface area contributed by atoms with E-state index in [1.54, 1.807) is 25.6 Å². The third kappa shape index (κ3) is 4.37. The zero-order chi connectivity index (χ0) is 22.7. The van der Waals surface area contributed by atoms with Crippen LogP contribution in [0.4, 0.5) is 5.82 Å². The first-order valence-electron chi connectivity index (χ1n) is 10.4. The van der Waals surface area contributed by atoms with Crippen molar-refractivity contribution in [1.82, 2.24) is 20.3 Å². The van der Waals surface area contributed by atoms with Gasteiger partial charge in [-0.15, -0.1) is 11.3 Å². The highest BCUT2D eigenvalue weighted by Crippen LogP contribution is 2.35. The molecule has 0 unspecified atom stereocenters. The highest BCUT2D eigenvalue weighted by molar-refractivity contribution is 7.10. The van der Waals surface area contributed by atoms with Crippen molar-refractivity contribution >= 4 is 28.2 Å². The lowest BCUT2D eigenvalue weighted by molar-refractivity contribution is 0.344. The lowest BCUT2D eigenvalue weighted by Crippen LogP contribution is -2.09. The Morgan fingerprint density at radius 2 is 1.88 bits per heavy atom. The Bertz CT molecular complexity index is 1240. The quantitative estimate of drug-likeness (QED) is 0.393. The van der Waals surface area contributed by atoms with Gasteiger partial charge in [-0.25, -0.2) is 9.97 Å². The van der Waals surface area contributed by atoms with Gasteiger partial charge in [0.1, 0.15) is 11.6 Å². The zero-order valence-electron chi connectivity index (χ0n) is 18.9. The Morgan fingerprint density at radius 1 is 1.06 bits per heavy atom. The summed E-state index contributed by atoms with van der Waals surface area (Å²) in [6.45, 7) is 4.82. The molecule has 0 amide bonds. The molecule has 0 aliphatic carbocycles. The van der Waals surface area contributed by atoms with Gasteiger partial charge < -0.3 is 20.1 Å². The van der Waals surface area contributed by atoms with Crippen molar-refractivity contribution in [2.75, 3.05) is 26.6 Å². The number of pyridine rings is 1. The Labute approximate surface area is 191 Å². The van der Waals surface area contributed by atoms with E-state index in [0.29, 0.717) is 23.1 Å². The van der Waals surface area contributed by atoms with Crippen molar-refractivity contribution in [2.24, 2.45) is 0 Å². The minimum atomic E-state index is 0.0517. The summed E-state index contributed by atoms with van der Waals surface area (Å²) in [4.78, 5) is 14.8. The van der Waals surface area contributed by atoms with Crippen LogP contribution in [0.3, 0.4) is 0 Å². The number of fused-ring (bicyclic) bond motifs is 1. The summed E-state index contributed by atoms with van der Waals surface area (Å²) < 4.78 is 10.8. The van der Waals surface area contributed by atoms with Crippen LogP contribution in [-0.2, 0) is 6.54 Å². The summed E-state index contributed by atoms with van der Waals surface area (Å²) >= 11 is 1.74. The van der Waals surface area contributed by atoms with Crippen LogP contribution in [0.1, 0.15) is 29.2 Å². The van der Waals surface area contributed by atoms with Crippen LogP contribution < -0.4 is 20.1 Å². The molecule has 4 rings (SSSR count). The number of nitrogens with zero attached hydrogens (tertiary/aromatic N) is 3. The molecule has 7 nitrogen and oxygen atoms in total. The molecule has 32 heavy (non-hydrogen) atoms. The molecule has 0 spiro atoms. The van der Waals surface area contributed by atoms with Crippen molar-refractivity contribution < 1.29 is 9.47 Å². The Morgan fingerprint density at radius 3 is 2.62 bits per heavy atom. The number of methoxy groups -OCH3 is 2. The Balaban J connectivity index is 1.66. The molecule has 0 aliphatic rings. The van der Waals surface area contributed by atoms with Crippen molar-refractivity contribution in [3.05, 3.63) is 58.0 Å². The maximum Gasteiger partial charge on any atom is 0.258 e. The molecule has 0 saturated carbocycles. The molecule has 1 aromatic carbocycles. The van der Waals surface area contributed by atoms with Crippen LogP contribution in [0.5, 0.6) is 11.6 Å². The zero-order valence-corrected chi connectivity index (χ0v) is 19.7. The molecule has 0 fully saturated rings. The van der Waals surface area contributed by atoms with Gasteiger partial charge in [-0.2, -0.15) is 4.98 Å². The predicted molar refractivity (Wildman–Crippen MR) is 130 cm³/mol. The van der Waals surface area contributed by atoms with E-state index in [1.807, 2.05) is 20.0 Å². The molecule has 0 bridgehead atoms. The molecule has 3 heterocycles. The average molecular weight is 450 g/mol. The number of thiophene rings is 1. The number of aromatic nitrogens is 3. The number of anilines is 1. The number of rotatable bonds is 8. The fourth-order valence-corrected chi connectivity index (χ4v) is 4.59. The van der Waals surface area contributed by atoms with Crippen LogP contribution in [-0.4, -0.2) is 36.2 Å². The molecule has 3 aromatic heterocycles. The normalized spacial score (nSPS) is 12.0. The summed E-state index contributed by atoms with van der Waals surface area (Å²) in [6, 6.07) is 12.7. The van der Waals surface area contributed by atoms with Gasteiger partial charge in [-0.3, -0.25) is 0 Å². The lowest BCUT2D eigenvalue weighted by Gasteiger charge is -2.16. The van der Waals surface area contributed by atoms with Gasteiger partial charge in [0.15, 0.2) is 11.4 Å². The fraction of sp³-hybridized carbons (Fsp3) is 0.292. The predicted octanol–water partition coefficient (Wildman–Crippen LogP) is 4.97. The van der Waals surface area contributed by atoms with Gasteiger partial charge in [0.2, 0.25) is 0 Å². The van der Waals surface area contributed by atoms with E-state index < -0.39 is 0 Å². The second kappa shape index (κ2) is 9.50. The first-order valence-corrected chi connectivity index (χ1v) is 11.3. The number of ether oxygens (including phenoxy) is 2. The second-order valence-corrected chi connectivity index (χ2v) is 8.42. The lowest BCUT2D eigenvalue weighted by atomic mass is 10.0. The highest BCUT2D eigenvalue weighted by Gasteiger charge is 2.17. The minimum absolute atomic E-state index is 0.0517. The minimum Gasteiger partial charge on any atom is -0.491 e. The molecule has 0 aliphatic heterocycles. The molecule has 4 aromatic rings. The van der Waals surface area contributed by atoms with Gasteiger partial charge >= 0.3 is 0 Å². The van der Waals surface area contributed by atoms with Gasteiger partial charge in [0, 0.05) is 17.5 Å². The molecule has 1 atom stereocenters. The van der Waals surface area contributed by atoms with Gasteiger partial charge in [-0.05, 0) is 49.0 Å². The van der Waals surface area contributed by atoms with E-state index in [2.05, 4.69) is 68.2 Å². The fourth-order valence-electron chi connectivity index (χ4n) is 3.68. The van der Waals surface area contributed by atoms with E-state index in [1.165, 1.54) is 21.6 Å². The number of nitrogens with one attached hydrogen (secondary N) is 2. The summed E-state index contributed by atoms with van der Waals surface area (Å²) in [5.74, 6) is 2.31. The van der Waals surface area contributed by atoms with Gasteiger partial charge in [0.05, 0.1) is 25.6 Å². The number of hydrogen-bond acceptors (Lipinski definition) is 8. The average Bonchev–Trinajstić information content (AvgIpc) is 3.29. The summed E-state index contributed by atoms with van der Waals surface area (Å²) in [6.07, 6.45) is 0. The Kier molecular flexibility index (Phi) is 6.53. The van der Waals surface area contributed by atoms with Gasteiger partial charge in [-0.1, -0.05) is 24.3 Å². The maximum absolute atomic E-state index is 5.43. The van der Waals surface area contributed by atoms with E-state index in [0.717, 1.165) is 17.7 Å². The van der Waals surface area contributed by atoms with Crippen LogP contribution >= 0.6 is 11.3 Å². The molecular weight excluding hydrogens is 422 g/mol. The number of benzene rings is 1. The number of aryl methyl sites for hydroxylation is 1. The first-order chi connectivity index (χ1) is 15.5. The second-order valence-electron chi connectivity index (χ2n) is 7.48. The summed E-state index contributed by atoms with van der Waals surface area (Å²) in [5.41, 5.74) is 4.32. The van der Waals surface area contributed by atoms with E-state index in [9.17, 15) is 0 Å². The summed E-state index contributed by atoms with van der Waals surface area (Å²) in [7, 11) is 5.12. The van der Waals surface area contributed by atoms with Crippen molar-refractivity contribution in [2.45, 2.75) is 26.4 Å². The van der Waals surface area contributed by atoms with Crippen molar-refractivity contribution in [3.63, 3.8) is 0 Å². The molecule has 2 N–H and O–H groups in total. The van der Waals surface area contributed by atoms with E-state index >= 15 is 0 Å².